The molecule has 1 N–H and O–H groups in total. The fourth-order valence-electron chi connectivity index (χ4n) is 1.57. The second-order valence-corrected chi connectivity index (χ2v) is 3.47. The normalized spacial score (nSPS) is 11.5. The molecule has 0 aliphatic carbocycles. The monoisotopic (exact) mass is 228 g/mol. The van der Waals surface area contributed by atoms with E-state index in [-0.39, 0.29) is 11.1 Å². The van der Waals surface area contributed by atoms with Crippen molar-refractivity contribution in [3.63, 3.8) is 0 Å². The Kier molecular flexibility index (Phi) is 2.72. The third-order valence-electron chi connectivity index (χ3n) is 2.28. The van der Waals surface area contributed by atoms with Gasteiger partial charge in [-0.05, 0) is 6.42 Å². The molecule has 2 rings (SSSR count). The van der Waals surface area contributed by atoms with E-state index in [0.29, 0.717) is 12.1 Å². The van der Waals surface area contributed by atoms with E-state index in [0.717, 1.165) is 12.5 Å². The van der Waals surface area contributed by atoms with Gasteiger partial charge in [0.25, 0.3) is 6.43 Å². The molecule has 2 aromatic heterocycles. The van der Waals surface area contributed by atoms with Crippen LogP contribution >= 0.6 is 0 Å². The van der Waals surface area contributed by atoms with Gasteiger partial charge in [0, 0.05) is 6.07 Å². The van der Waals surface area contributed by atoms with Gasteiger partial charge < -0.3 is 9.51 Å². The first-order valence-electron chi connectivity index (χ1n) is 4.93. The molecule has 0 unspecified atom stereocenters. The maximum Gasteiger partial charge on any atom is 0.278 e. The molecule has 2 heterocycles. The predicted molar refractivity (Wildman–Crippen MR) is 53.6 cm³/mol. The highest BCUT2D eigenvalue weighted by Crippen LogP contribution is 2.19. The lowest BCUT2D eigenvalue weighted by Crippen LogP contribution is -2.05. The Morgan fingerprint density at radius 3 is 2.94 bits per heavy atom. The van der Waals surface area contributed by atoms with E-state index in [1.165, 1.54) is 0 Å². The molecule has 2 aromatic rings. The van der Waals surface area contributed by atoms with Crippen molar-refractivity contribution in [2.75, 3.05) is 0 Å². The first kappa shape index (κ1) is 10.8. The zero-order chi connectivity index (χ0) is 11.7. The third kappa shape index (κ3) is 1.70. The van der Waals surface area contributed by atoms with Gasteiger partial charge in [-0.3, -0.25) is 4.79 Å². The molecule has 86 valence electrons. The van der Waals surface area contributed by atoms with Crippen molar-refractivity contribution in [2.24, 2.45) is 0 Å². The van der Waals surface area contributed by atoms with E-state index in [2.05, 4.69) is 10.1 Å². The van der Waals surface area contributed by atoms with Gasteiger partial charge in [0.05, 0.1) is 11.4 Å². The highest BCUT2D eigenvalue weighted by Gasteiger charge is 2.16. The number of nitrogens with zero attached hydrogens (tertiary/aromatic N) is 1. The minimum atomic E-state index is -2.73. The zero-order valence-electron chi connectivity index (χ0n) is 8.59. The summed E-state index contributed by atoms with van der Waals surface area (Å²) in [5.41, 5.74) is -0.392. The van der Waals surface area contributed by atoms with Crippen molar-refractivity contribution < 1.29 is 13.3 Å². The highest BCUT2D eigenvalue weighted by atomic mass is 19.3. The number of aromatic nitrogens is 2. The third-order valence-corrected chi connectivity index (χ3v) is 2.28. The van der Waals surface area contributed by atoms with Crippen LogP contribution < -0.4 is 5.43 Å². The Labute approximate surface area is 89.3 Å². The molecule has 0 aromatic carbocycles. The van der Waals surface area contributed by atoms with Gasteiger partial charge in [-0.15, -0.1) is 0 Å². The highest BCUT2D eigenvalue weighted by molar-refractivity contribution is 5.75. The summed E-state index contributed by atoms with van der Waals surface area (Å²) in [6.07, 6.45) is -1.33. The van der Waals surface area contributed by atoms with Crippen molar-refractivity contribution in [2.45, 2.75) is 26.2 Å². The maximum absolute atomic E-state index is 12.4. The van der Waals surface area contributed by atoms with E-state index in [1.54, 1.807) is 0 Å². The van der Waals surface area contributed by atoms with Crippen molar-refractivity contribution in [3.05, 3.63) is 27.7 Å². The van der Waals surface area contributed by atoms with Gasteiger partial charge in [0.2, 0.25) is 5.71 Å². The number of alkyl halides is 2. The van der Waals surface area contributed by atoms with Crippen LogP contribution in [0.4, 0.5) is 8.78 Å². The van der Waals surface area contributed by atoms with Gasteiger partial charge in [-0.25, -0.2) is 8.78 Å². The number of aryl methyl sites for hydroxylation is 1. The van der Waals surface area contributed by atoms with Crippen LogP contribution in [0.5, 0.6) is 0 Å². The van der Waals surface area contributed by atoms with Crippen LogP contribution in [0.1, 0.15) is 31.2 Å². The van der Waals surface area contributed by atoms with E-state index < -0.39 is 17.5 Å². The standard InChI is InChI=1S/C10H10F2N2O2/c1-2-3-5-8-7(15)4-6(9(11)12)13-10(8)16-14-5/h4,9H,2-3H2,1H3,(H,13,15). The van der Waals surface area contributed by atoms with E-state index in [9.17, 15) is 13.6 Å². The number of pyridine rings is 1. The minimum Gasteiger partial charge on any atom is -0.337 e. The van der Waals surface area contributed by atoms with E-state index >= 15 is 0 Å². The molecular formula is C10H10F2N2O2. The first-order valence-corrected chi connectivity index (χ1v) is 4.93. The molecule has 0 spiro atoms. The fraction of sp³-hybridized carbons (Fsp3) is 0.400. The maximum atomic E-state index is 12.4. The molecule has 0 amide bonds. The molecule has 0 saturated carbocycles. The fourth-order valence-corrected chi connectivity index (χ4v) is 1.57. The molecule has 6 heteroatoms. The van der Waals surface area contributed by atoms with Gasteiger partial charge in [-0.2, -0.15) is 0 Å². The summed E-state index contributed by atoms with van der Waals surface area (Å²) in [6, 6.07) is 0.892. The summed E-state index contributed by atoms with van der Waals surface area (Å²) >= 11 is 0. The average Bonchev–Trinajstić information content (AvgIpc) is 2.62. The number of rotatable bonds is 3. The number of nitrogens with one attached hydrogen (secondary N) is 1. The number of halogens is 2. The summed E-state index contributed by atoms with van der Waals surface area (Å²) in [5, 5.41) is 3.96. The molecule has 0 aliphatic heterocycles. The number of fused-ring (bicyclic) bond motifs is 1. The lowest BCUT2D eigenvalue weighted by Gasteiger charge is -1.98. The Bertz CT molecular complexity index is 559. The van der Waals surface area contributed by atoms with Crippen molar-refractivity contribution in [3.8, 4) is 0 Å². The predicted octanol–water partition coefficient (Wildman–Crippen LogP) is 2.41. The molecule has 0 aliphatic rings. The molecule has 16 heavy (non-hydrogen) atoms. The second kappa shape index (κ2) is 4.03. The molecular weight excluding hydrogens is 218 g/mol. The summed E-state index contributed by atoms with van der Waals surface area (Å²) in [5.74, 6) is 0. The Hall–Kier alpha value is -1.72. The molecule has 0 atom stereocenters. The summed E-state index contributed by atoms with van der Waals surface area (Å²) in [6.45, 7) is 1.93. The van der Waals surface area contributed by atoms with Crippen molar-refractivity contribution in [1.29, 1.82) is 0 Å². The topological polar surface area (TPSA) is 58.9 Å². The summed E-state index contributed by atoms with van der Waals surface area (Å²) in [4.78, 5) is 14.0. The molecule has 0 fully saturated rings. The van der Waals surface area contributed by atoms with Crippen LogP contribution in [-0.4, -0.2) is 10.1 Å². The van der Waals surface area contributed by atoms with Crippen LogP contribution in [0, 0.1) is 0 Å². The second-order valence-electron chi connectivity index (χ2n) is 3.47. The van der Waals surface area contributed by atoms with Gasteiger partial charge >= 0.3 is 0 Å². The molecule has 0 radical (unpaired) electrons. The molecule has 4 nitrogen and oxygen atoms in total. The minimum absolute atomic E-state index is 0.0197. The lowest BCUT2D eigenvalue weighted by atomic mass is 10.2. The van der Waals surface area contributed by atoms with Crippen LogP contribution in [-0.2, 0) is 6.42 Å². The number of hydrogen-bond donors (Lipinski definition) is 1. The van der Waals surface area contributed by atoms with Gasteiger partial charge in [0.15, 0.2) is 5.43 Å². The molecule has 0 saturated heterocycles. The molecule has 0 bridgehead atoms. The summed E-state index contributed by atoms with van der Waals surface area (Å²) in [7, 11) is 0. The number of H-pyrrole nitrogens is 1. The largest absolute Gasteiger partial charge is 0.337 e. The Morgan fingerprint density at radius 1 is 1.56 bits per heavy atom. The van der Waals surface area contributed by atoms with Crippen LogP contribution in [0.2, 0.25) is 0 Å². The Balaban J connectivity index is 2.64. The first-order chi connectivity index (χ1) is 7.63. The zero-order valence-corrected chi connectivity index (χ0v) is 8.59. The van der Waals surface area contributed by atoms with Crippen molar-refractivity contribution >= 4 is 11.1 Å². The number of aromatic amines is 1. The van der Waals surface area contributed by atoms with Gasteiger partial charge in [-0.1, -0.05) is 18.5 Å². The van der Waals surface area contributed by atoms with Crippen LogP contribution in [0.15, 0.2) is 15.4 Å². The number of hydrogen-bond acceptors (Lipinski definition) is 3. The average molecular weight is 228 g/mol. The smallest absolute Gasteiger partial charge is 0.278 e. The van der Waals surface area contributed by atoms with E-state index in [1.807, 2.05) is 6.92 Å². The van der Waals surface area contributed by atoms with E-state index in [4.69, 9.17) is 4.52 Å². The summed E-state index contributed by atoms with van der Waals surface area (Å²) < 4.78 is 29.6. The van der Waals surface area contributed by atoms with Crippen LogP contribution in [0.25, 0.3) is 11.1 Å². The van der Waals surface area contributed by atoms with Gasteiger partial charge in [0.1, 0.15) is 5.39 Å². The quantitative estimate of drug-likeness (QED) is 0.877. The lowest BCUT2D eigenvalue weighted by molar-refractivity contribution is 0.146. The SMILES string of the molecule is CCCc1noc2[nH]c(C(F)F)cc(=O)c12. The Morgan fingerprint density at radius 2 is 2.31 bits per heavy atom. The van der Waals surface area contributed by atoms with Crippen LogP contribution in [0.3, 0.4) is 0 Å². The van der Waals surface area contributed by atoms with Crippen molar-refractivity contribution in [1.82, 2.24) is 10.1 Å².